The highest BCUT2D eigenvalue weighted by molar-refractivity contribution is 7.99. The van der Waals surface area contributed by atoms with Gasteiger partial charge in [0.1, 0.15) is 0 Å². The highest BCUT2D eigenvalue weighted by Gasteiger charge is 2.10. The minimum atomic E-state index is 0.591. The number of nitrogens with one attached hydrogen (secondary N) is 1. The van der Waals surface area contributed by atoms with Crippen LogP contribution >= 0.6 is 11.8 Å². The molecule has 0 saturated carbocycles. The molecule has 1 aliphatic rings. The minimum absolute atomic E-state index is 0.591. The average molecular weight is 147 g/mol. The van der Waals surface area contributed by atoms with E-state index in [1.807, 2.05) is 11.8 Å². The van der Waals surface area contributed by atoms with Crippen LogP contribution in [0.2, 0.25) is 0 Å². The second-order valence-electron chi connectivity index (χ2n) is 2.18. The summed E-state index contributed by atoms with van der Waals surface area (Å²) in [5, 5.41) is 3.37. The molecular weight excluding hydrogens is 134 g/mol. The molecule has 0 aromatic carbocycles. The third-order valence-corrected chi connectivity index (χ3v) is 2.50. The van der Waals surface area contributed by atoms with Gasteiger partial charge in [0, 0.05) is 31.2 Å². The Morgan fingerprint density at radius 3 is 3.22 bits per heavy atom. The van der Waals surface area contributed by atoms with E-state index in [0.29, 0.717) is 6.04 Å². The maximum atomic E-state index is 5.01. The van der Waals surface area contributed by atoms with Gasteiger partial charge in [0.25, 0.3) is 0 Å². The first kappa shape index (κ1) is 7.38. The normalized spacial score (nSPS) is 28.3. The molecule has 1 aliphatic heterocycles. The summed E-state index contributed by atoms with van der Waals surface area (Å²) >= 11 is 2.00. The number of hydrogen-bond acceptors (Lipinski definition) is 3. The van der Waals surface area contributed by atoms with Crippen molar-refractivity contribution < 1.29 is 4.74 Å². The van der Waals surface area contributed by atoms with Crippen LogP contribution in [0.15, 0.2) is 0 Å². The van der Waals surface area contributed by atoms with E-state index in [1.165, 1.54) is 11.5 Å². The highest BCUT2D eigenvalue weighted by atomic mass is 32.2. The summed E-state index contributed by atoms with van der Waals surface area (Å²) in [4.78, 5) is 0. The van der Waals surface area contributed by atoms with Crippen LogP contribution in [0, 0.1) is 0 Å². The lowest BCUT2D eigenvalue weighted by Gasteiger charge is -2.21. The Balaban J connectivity index is 2.08. The van der Waals surface area contributed by atoms with Crippen molar-refractivity contribution in [2.75, 3.05) is 31.8 Å². The first-order chi connectivity index (χ1) is 4.43. The van der Waals surface area contributed by atoms with Gasteiger partial charge in [-0.05, 0) is 0 Å². The number of hydrogen-bond donors (Lipinski definition) is 1. The molecule has 0 aromatic heterocycles. The second kappa shape index (κ2) is 4.14. The van der Waals surface area contributed by atoms with E-state index in [0.717, 1.165) is 13.2 Å². The molecule has 9 heavy (non-hydrogen) atoms. The smallest absolute Gasteiger partial charge is 0.0623 e. The summed E-state index contributed by atoms with van der Waals surface area (Å²) in [6.07, 6.45) is 0. The van der Waals surface area contributed by atoms with Crippen LogP contribution in [0.4, 0.5) is 0 Å². The highest BCUT2D eigenvalue weighted by Crippen LogP contribution is 2.06. The summed E-state index contributed by atoms with van der Waals surface area (Å²) in [6.45, 7) is 1.99. The first-order valence-corrected chi connectivity index (χ1v) is 4.39. The number of thioether (sulfide) groups is 1. The predicted octanol–water partition coefficient (Wildman–Crippen LogP) is 0.338. The number of rotatable bonds is 2. The van der Waals surface area contributed by atoms with Crippen molar-refractivity contribution in [2.45, 2.75) is 6.04 Å². The van der Waals surface area contributed by atoms with Crippen LogP contribution < -0.4 is 5.32 Å². The van der Waals surface area contributed by atoms with Crippen LogP contribution in [0.1, 0.15) is 0 Å². The molecule has 1 unspecified atom stereocenters. The standard InChI is InChI=1S/C6H13NOS/c1-8-4-6-5-9-3-2-7-6/h6-7H,2-5H2,1H3. The molecule has 0 aliphatic carbocycles. The molecule has 0 radical (unpaired) electrons. The summed E-state index contributed by atoms with van der Waals surface area (Å²) in [6, 6.07) is 0.591. The maximum Gasteiger partial charge on any atom is 0.0623 e. The van der Waals surface area contributed by atoms with E-state index in [1.54, 1.807) is 7.11 Å². The van der Waals surface area contributed by atoms with Gasteiger partial charge in [0.05, 0.1) is 6.61 Å². The summed E-state index contributed by atoms with van der Waals surface area (Å²) in [5.41, 5.74) is 0. The van der Waals surface area contributed by atoms with Gasteiger partial charge >= 0.3 is 0 Å². The quantitative estimate of drug-likeness (QED) is 0.608. The fourth-order valence-corrected chi connectivity index (χ4v) is 1.86. The molecule has 0 amide bonds. The van der Waals surface area contributed by atoms with Crippen LogP contribution in [0.5, 0.6) is 0 Å². The van der Waals surface area contributed by atoms with E-state index in [4.69, 9.17) is 4.74 Å². The van der Waals surface area contributed by atoms with Crippen molar-refractivity contribution in [3.63, 3.8) is 0 Å². The van der Waals surface area contributed by atoms with Crippen LogP contribution in [-0.2, 0) is 4.74 Å². The Labute approximate surface area is 60.3 Å². The van der Waals surface area contributed by atoms with E-state index >= 15 is 0 Å². The minimum Gasteiger partial charge on any atom is -0.383 e. The van der Waals surface area contributed by atoms with Gasteiger partial charge in [-0.15, -0.1) is 0 Å². The Morgan fingerprint density at radius 2 is 2.67 bits per heavy atom. The molecule has 1 N–H and O–H groups in total. The van der Waals surface area contributed by atoms with Crippen molar-refractivity contribution in [3.8, 4) is 0 Å². The fourth-order valence-electron chi connectivity index (χ4n) is 0.928. The van der Waals surface area contributed by atoms with Crippen molar-refractivity contribution >= 4 is 11.8 Å². The molecule has 1 atom stereocenters. The maximum absolute atomic E-state index is 5.01. The summed E-state index contributed by atoms with van der Waals surface area (Å²) in [5.74, 6) is 2.45. The lowest BCUT2D eigenvalue weighted by Crippen LogP contribution is -2.40. The third kappa shape index (κ3) is 2.56. The topological polar surface area (TPSA) is 21.3 Å². The van der Waals surface area contributed by atoms with Gasteiger partial charge in [-0.1, -0.05) is 0 Å². The molecular formula is C6H13NOS. The van der Waals surface area contributed by atoms with Gasteiger partial charge in [0.2, 0.25) is 0 Å². The molecule has 1 rings (SSSR count). The Morgan fingerprint density at radius 1 is 1.78 bits per heavy atom. The molecule has 54 valence electrons. The predicted molar refractivity (Wildman–Crippen MR) is 41.0 cm³/mol. The van der Waals surface area contributed by atoms with Crippen molar-refractivity contribution in [3.05, 3.63) is 0 Å². The van der Waals surface area contributed by atoms with Crippen LogP contribution in [-0.4, -0.2) is 37.8 Å². The van der Waals surface area contributed by atoms with Crippen LogP contribution in [0.3, 0.4) is 0 Å². The average Bonchev–Trinajstić information content (AvgIpc) is 1.91. The summed E-state index contributed by atoms with van der Waals surface area (Å²) in [7, 11) is 1.75. The largest absolute Gasteiger partial charge is 0.383 e. The molecule has 1 fully saturated rings. The van der Waals surface area contributed by atoms with Crippen molar-refractivity contribution in [2.24, 2.45) is 0 Å². The van der Waals surface area contributed by atoms with Gasteiger partial charge in [-0.2, -0.15) is 11.8 Å². The Kier molecular flexibility index (Phi) is 3.40. The molecule has 0 spiro atoms. The SMILES string of the molecule is COCC1CSCCN1. The second-order valence-corrected chi connectivity index (χ2v) is 3.33. The molecule has 0 aromatic rings. The number of ether oxygens (including phenoxy) is 1. The van der Waals surface area contributed by atoms with Gasteiger partial charge in [-0.3, -0.25) is 0 Å². The molecule has 2 nitrogen and oxygen atoms in total. The monoisotopic (exact) mass is 147 g/mol. The lowest BCUT2D eigenvalue weighted by atomic mass is 10.3. The zero-order valence-electron chi connectivity index (χ0n) is 5.72. The molecule has 3 heteroatoms. The molecule has 1 heterocycles. The van der Waals surface area contributed by atoms with Gasteiger partial charge in [-0.25, -0.2) is 0 Å². The van der Waals surface area contributed by atoms with Gasteiger partial charge in [0.15, 0.2) is 0 Å². The van der Waals surface area contributed by atoms with E-state index in [2.05, 4.69) is 5.32 Å². The fraction of sp³-hybridized carbons (Fsp3) is 1.00. The third-order valence-electron chi connectivity index (χ3n) is 1.37. The zero-order chi connectivity index (χ0) is 6.53. The van der Waals surface area contributed by atoms with Crippen molar-refractivity contribution in [1.82, 2.24) is 5.32 Å². The van der Waals surface area contributed by atoms with Gasteiger partial charge < -0.3 is 10.1 Å². The zero-order valence-corrected chi connectivity index (χ0v) is 6.54. The molecule has 0 bridgehead atoms. The van der Waals surface area contributed by atoms with Crippen molar-refractivity contribution in [1.29, 1.82) is 0 Å². The Bertz CT molecular complexity index is 70.7. The summed E-state index contributed by atoms with van der Waals surface area (Å²) < 4.78 is 5.01. The Hall–Kier alpha value is 0.270. The number of methoxy groups -OCH3 is 1. The van der Waals surface area contributed by atoms with E-state index in [-0.39, 0.29) is 0 Å². The van der Waals surface area contributed by atoms with E-state index < -0.39 is 0 Å². The lowest BCUT2D eigenvalue weighted by molar-refractivity contribution is 0.173. The molecule has 1 saturated heterocycles. The van der Waals surface area contributed by atoms with E-state index in [9.17, 15) is 0 Å². The van der Waals surface area contributed by atoms with Crippen LogP contribution in [0.25, 0.3) is 0 Å². The first-order valence-electron chi connectivity index (χ1n) is 3.23.